The molecule has 1 aromatic heterocycles. The predicted octanol–water partition coefficient (Wildman–Crippen LogP) is 0.488. The third kappa shape index (κ3) is 1.91. The lowest BCUT2D eigenvalue weighted by atomic mass is 9.94. The molecule has 4 heteroatoms. The first-order chi connectivity index (χ1) is 6.70. The lowest BCUT2D eigenvalue weighted by Gasteiger charge is -2.20. The monoisotopic (exact) mass is 196 g/mol. The molecule has 1 saturated heterocycles. The van der Waals surface area contributed by atoms with Crippen molar-refractivity contribution in [2.45, 2.75) is 18.4 Å². The van der Waals surface area contributed by atoms with Crippen LogP contribution in [0.3, 0.4) is 0 Å². The molecule has 3 nitrogen and oxygen atoms in total. The molecule has 0 saturated carbocycles. The average molecular weight is 196 g/mol. The molecule has 0 radical (unpaired) electrons. The minimum Gasteiger partial charge on any atom is -0.388 e. The zero-order valence-electron chi connectivity index (χ0n) is 7.83. The van der Waals surface area contributed by atoms with E-state index in [2.05, 4.69) is 10.3 Å². The molecule has 0 bridgehead atoms. The molecular weight excluding hydrogens is 183 g/mol. The van der Waals surface area contributed by atoms with Crippen LogP contribution in [0.25, 0.3) is 0 Å². The molecule has 14 heavy (non-hydrogen) atoms. The van der Waals surface area contributed by atoms with Gasteiger partial charge in [-0.1, -0.05) is 6.07 Å². The molecule has 1 aromatic rings. The summed E-state index contributed by atoms with van der Waals surface area (Å²) in [6.45, 7) is 1.32. The van der Waals surface area contributed by atoms with Crippen LogP contribution in [0.1, 0.15) is 12.0 Å². The molecule has 1 atom stereocenters. The number of halogens is 1. The number of nitrogens with one attached hydrogen (secondary N) is 1. The lowest BCUT2D eigenvalue weighted by molar-refractivity contribution is 0.0608. The predicted molar refractivity (Wildman–Crippen MR) is 50.3 cm³/mol. The van der Waals surface area contributed by atoms with Crippen molar-refractivity contribution in [1.29, 1.82) is 0 Å². The highest BCUT2D eigenvalue weighted by molar-refractivity contribution is 5.14. The van der Waals surface area contributed by atoms with Gasteiger partial charge in [0.25, 0.3) is 0 Å². The highest BCUT2D eigenvalue weighted by Crippen LogP contribution is 2.20. The topological polar surface area (TPSA) is 45.2 Å². The van der Waals surface area contributed by atoms with Crippen molar-refractivity contribution >= 4 is 0 Å². The Balaban J connectivity index is 2.14. The van der Waals surface area contributed by atoms with Gasteiger partial charge in [0.05, 0.1) is 5.60 Å². The van der Waals surface area contributed by atoms with Crippen molar-refractivity contribution in [1.82, 2.24) is 10.3 Å². The minimum absolute atomic E-state index is 0.333. The van der Waals surface area contributed by atoms with E-state index in [0.717, 1.165) is 6.54 Å². The van der Waals surface area contributed by atoms with Gasteiger partial charge in [0.1, 0.15) is 0 Å². The number of rotatable bonds is 2. The van der Waals surface area contributed by atoms with E-state index in [1.807, 2.05) is 0 Å². The van der Waals surface area contributed by atoms with Gasteiger partial charge in [-0.2, -0.15) is 4.39 Å². The van der Waals surface area contributed by atoms with Gasteiger partial charge in [-0.15, -0.1) is 0 Å². The summed E-state index contributed by atoms with van der Waals surface area (Å²) in [6, 6.07) is 3.35. The lowest BCUT2D eigenvalue weighted by Crippen LogP contribution is -2.34. The van der Waals surface area contributed by atoms with Crippen LogP contribution in [0.4, 0.5) is 4.39 Å². The van der Waals surface area contributed by atoms with Crippen LogP contribution in [0.2, 0.25) is 0 Å². The van der Waals surface area contributed by atoms with Crippen molar-refractivity contribution < 1.29 is 9.50 Å². The molecule has 2 heterocycles. The van der Waals surface area contributed by atoms with Crippen molar-refractivity contribution in [2.24, 2.45) is 0 Å². The number of hydrogen-bond donors (Lipinski definition) is 2. The third-order valence-corrected chi connectivity index (χ3v) is 2.58. The van der Waals surface area contributed by atoms with Crippen LogP contribution in [0, 0.1) is 5.95 Å². The second-order valence-corrected chi connectivity index (χ2v) is 3.78. The molecule has 0 spiro atoms. The maximum Gasteiger partial charge on any atom is 0.216 e. The van der Waals surface area contributed by atoms with Gasteiger partial charge >= 0.3 is 0 Å². The van der Waals surface area contributed by atoms with Gasteiger partial charge in [-0.25, -0.2) is 4.98 Å². The summed E-state index contributed by atoms with van der Waals surface area (Å²) < 4.78 is 13.2. The number of aromatic nitrogens is 1. The van der Waals surface area contributed by atoms with Gasteiger partial charge in [-0.05, 0) is 19.0 Å². The maximum atomic E-state index is 13.2. The van der Waals surface area contributed by atoms with Gasteiger partial charge in [-0.3, -0.25) is 0 Å². The van der Waals surface area contributed by atoms with Crippen molar-refractivity contribution in [2.75, 3.05) is 13.1 Å². The molecule has 2 N–H and O–H groups in total. The van der Waals surface area contributed by atoms with Crippen molar-refractivity contribution in [3.8, 4) is 0 Å². The molecule has 2 rings (SSSR count). The highest BCUT2D eigenvalue weighted by atomic mass is 19.1. The quantitative estimate of drug-likeness (QED) is 0.676. The Morgan fingerprint density at radius 2 is 2.50 bits per heavy atom. The van der Waals surface area contributed by atoms with E-state index < -0.39 is 11.5 Å². The first kappa shape index (κ1) is 9.55. The largest absolute Gasteiger partial charge is 0.388 e. The molecule has 1 aliphatic rings. The van der Waals surface area contributed by atoms with E-state index in [1.54, 1.807) is 12.1 Å². The smallest absolute Gasteiger partial charge is 0.216 e. The Bertz CT molecular complexity index is 324. The van der Waals surface area contributed by atoms with Gasteiger partial charge in [0, 0.05) is 24.7 Å². The fourth-order valence-corrected chi connectivity index (χ4v) is 1.79. The number of hydrogen-bond acceptors (Lipinski definition) is 3. The summed E-state index contributed by atoms with van der Waals surface area (Å²) >= 11 is 0. The molecule has 76 valence electrons. The van der Waals surface area contributed by atoms with Crippen LogP contribution in [0.15, 0.2) is 18.3 Å². The van der Waals surface area contributed by atoms with Gasteiger partial charge in [0.2, 0.25) is 5.95 Å². The summed E-state index contributed by atoms with van der Waals surface area (Å²) in [7, 11) is 0. The van der Waals surface area contributed by atoms with E-state index in [0.29, 0.717) is 24.9 Å². The maximum absolute atomic E-state index is 13.2. The normalized spacial score (nSPS) is 26.7. The summed E-state index contributed by atoms with van der Waals surface area (Å²) in [5.41, 5.74) is -0.317. The fraction of sp³-hybridized carbons (Fsp3) is 0.500. The standard InChI is InChI=1S/C10H13FN2O/c11-9-8(2-1-4-13-9)6-10(14)3-5-12-7-10/h1-2,4,12,14H,3,5-7H2. The summed E-state index contributed by atoms with van der Waals surface area (Å²) in [6.07, 6.45) is 2.41. The summed E-state index contributed by atoms with van der Waals surface area (Å²) in [5.74, 6) is -0.479. The first-order valence-electron chi connectivity index (χ1n) is 4.72. The first-order valence-corrected chi connectivity index (χ1v) is 4.72. The van der Waals surface area contributed by atoms with Gasteiger partial charge < -0.3 is 10.4 Å². The van der Waals surface area contributed by atoms with Crippen LogP contribution in [0.5, 0.6) is 0 Å². The Kier molecular flexibility index (Phi) is 2.48. The number of nitrogens with zero attached hydrogens (tertiary/aromatic N) is 1. The van der Waals surface area contributed by atoms with E-state index in [-0.39, 0.29) is 0 Å². The van der Waals surface area contributed by atoms with E-state index in [4.69, 9.17) is 0 Å². The fourth-order valence-electron chi connectivity index (χ4n) is 1.79. The molecular formula is C10H13FN2O. The molecule has 0 amide bonds. The van der Waals surface area contributed by atoms with Crippen LogP contribution >= 0.6 is 0 Å². The number of pyridine rings is 1. The van der Waals surface area contributed by atoms with Crippen LogP contribution in [-0.2, 0) is 6.42 Å². The van der Waals surface area contributed by atoms with Crippen LogP contribution in [-0.4, -0.2) is 28.8 Å². The van der Waals surface area contributed by atoms with Crippen molar-refractivity contribution in [3.05, 3.63) is 29.8 Å². The zero-order valence-corrected chi connectivity index (χ0v) is 7.83. The van der Waals surface area contributed by atoms with E-state index >= 15 is 0 Å². The molecule has 1 unspecified atom stereocenters. The average Bonchev–Trinajstić information content (AvgIpc) is 2.57. The second kappa shape index (κ2) is 3.63. The second-order valence-electron chi connectivity index (χ2n) is 3.78. The van der Waals surface area contributed by atoms with Crippen LogP contribution < -0.4 is 5.32 Å². The number of β-amino-alcohol motifs (C(OH)–C–C–N with tert-alkyl or cyclic N) is 1. The SMILES string of the molecule is OC1(Cc2cccnc2F)CCNC1. The summed E-state index contributed by atoms with van der Waals surface area (Å²) in [4.78, 5) is 3.55. The molecule has 1 aliphatic heterocycles. The summed E-state index contributed by atoms with van der Waals surface area (Å²) in [5, 5.41) is 13.1. The van der Waals surface area contributed by atoms with E-state index in [9.17, 15) is 9.50 Å². The third-order valence-electron chi connectivity index (χ3n) is 2.58. The Morgan fingerprint density at radius 1 is 1.64 bits per heavy atom. The Labute approximate surface area is 82.0 Å². The molecule has 0 aliphatic carbocycles. The minimum atomic E-state index is -0.802. The van der Waals surface area contributed by atoms with Gasteiger partial charge in [0.15, 0.2) is 0 Å². The number of aliphatic hydroxyl groups is 1. The van der Waals surface area contributed by atoms with Crippen molar-refractivity contribution in [3.63, 3.8) is 0 Å². The van der Waals surface area contributed by atoms with E-state index in [1.165, 1.54) is 6.20 Å². The highest BCUT2D eigenvalue weighted by Gasteiger charge is 2.31. The zero-order chi connectivity index (χ0) is 10.0. The molecule has 1 fully saturated rings. The Morgan fingerprint density at radius 3 is 3.14 bits per heavy atom. The Hall–Kier alpha value is -1.00. The molecule has 0 aromatic carbocycles.